The lowest BCUT2D eigenvalue weighted by molar-refractivity contribution is 1.31. The van der Waals surface area contributed by atoms with Gasteiger partial charge in [0.1, 0.15) is 0 Å². The SMILES string of the molecule is Cl.c1c[nH]cn1.c1c[nH]cn1. The first kappa shape index (κ1) is 9.71. The number of hydrogen-bond acceptors (Lipinski definition) is 2. The lowest BCUT2D eigenvalue weighted by Crippen LogP contribution is -1.44. The minimum Gasteiger partial charge on any atom is -0.351 e. The van der Waals surface area contributed by atoms with Crippen LogP contribution in [0, 0.1) is 0 Å². The van der Waals surface area contributed by atoms with E-state index < -0.39 is 0 Å². The van der Waals surface area contributed by atoms with Gasteiger partial charge in [-0.05, 0) is 0 Å². The number of H-pyrrole nitrogens is 2. The summed E-state index contributed by atoms with van der Waals surface area (Å²) in [5.74, 6) is 0. The molecule has 0 bridgehead atoms. The highest BCUT2D eigenvalue weighted by molar-refractivity contribution is 5.85. The molecule has 0 spiro atoms. The minimum absolute atomic E-state index is 0. The molecule has 2 rings (SSSR count). The van der Waals surface area contributed by atoms with Gasteiger partial charge in [0.2, 0.25) is 0 Å². The van der Waals surface area contributed by atoms with Crippen LogP contribution in [0.3, 0.4) is 0 Å². The molecule has 0 fully saturated rings. The van der Waals surface area contributed by atoms with Gasteiger partial charge in [0.15, 0.2) is 0 Å². The summed E-state index contributed by atoms with van der Waals surface area (Å²) in [4.78, 5) is 12.8. The molecule has 0 saturated carbocycles. The maximum Gasteiger partial charge on any atom is 0.0919 e. The average molecular weight is 173 g/mol. The third-order valence-electron chi connectivity index (χ3n) is 0.812. The van der Waals surface area contributed by atoms with Crippen molar-refractivity contribution >= 4 is 12.4 Å². The van der Waals surface area contributed by atoms with Gasteiger partial charge in [-0.2, -0.15) is 0 Å². The second kappa shape index (κ2) is 6.82. The summed E-state index contributed by atoms with van der Waals surface area (Å²) in [6.07, 6.45) is 10.2. The highest BCUT2D eigenvalue weighted by Crippen LogP contribution is 1.63. The summed E-state index contributed by atoms with van der Waals surface area (Å²) >= 11 is 0. The van der Waals surface area contributed by atoms with Crippen molar-refractivity contribution in [2.24, 2.45) is 0 Å². The van der Waals surface area contributed by atoms with Crippen LogP contribution in [0.15, 0.2) is 37.4 Å². The van der Waals surface area contributed by atoms with E-state index in [1.54, 1.807) is 37.4 Å². The molecule has 0 aliphatic heterocycles. The van der Waals surface area contributed by atoms with E-state index in [9.17, 15) is 0 Å². The Balaban J connectivity index is 0.000000167. The quantitative estimate of drug-likeness (QED) is 0.628. The Morgan fingerprint density at radius 1 is 0.818 bits per heavy atom. The predicted octanol–water partition coefficient (Wildman–Crippen LogP) is 1.24. The third kappa shape index (κ3) is 5.17. The van der Waals surface area contributed by atoms with Crippen molar-refractivity contribution < 1.29 is 0 Å². The average Bonchev–Trinajstić information content (AvgIpc) is 2.67. The molecule has 2 N–H and O–H groups in total. The summed E-state index contributed by atoms with van der Waals surface area (Å²) in [6, 6.07) is 0. The molecule has 4 nitrogen and oxygen atoms in total. The van der Waals surface area contributed by atoms with Crippen LogP contribution in [0.1, 0.15) is 0 Å². The number of nitrogens with zero attached hydrogens (tertiary/aromatic N) is 2. The maximum atomic E-state index is 3.67. The van der Waals surface area contributed by atoms with Crippen LogP contribution in [-0.2, 0) is 0 Å². The normalized spacial score (nSPS) is 7.27. The van der Waals surface area contributed by atoms with Crippen molar-refractivity contribution in [2.75, 3.05) is 0 Å². The van der Waals surface area contributed by atoms with Gasteiger partial charge in [-0.25, -0.2) is 9.97 Å². The Kier molecular flexibility index (Phi) is 6.02. The van der Waals surface area contributed by atoms with Crippen molar-refractivity contribution in [1.29, 1.82) is 0 Å². The number of halogens is 1. The van der Waals surface area contributed by atoms with Crippen molar-refractivity contribution in [3.05, 3.63) is 37.4 Å². The van der Waals surface area contributed by atoms with Crippen LogP contribution < -0.4 is 0 Å². The van der Waals surface area contributed by atoms with Crippen molar-refractivity contribution in [3.8, 4) is 0 Å². The molecule has 0 aliphatic rings. The number of nitrogens with one attached hydrogen (secondary N) is 2. The lowest BCUT2D eigenvalue weighted by atomic mass is 11.0. The zero-order valence-corrected chi connectivity index (χ0v) is 6.58. The van der Waals surface area contributed by atoms with Gasteiger partial charge in [-0.1, -0.05) is 0 Å². The largest absolute Gasteiger partial charge is 0.351 e. The number of rotatable bonds is 0. The molecule has 2 aromatic rings. The van der Waals surface area contributed by atoms with Crippen LogP contribution in [0.2, 0.25) is 0 Å². The molecule has 0 saturated heterocycles. The first-order valence-corrected chi connectivity index (χ1v) is 2.85. The van der Waals surface area contributed by atoms with Gasteiger partial charge in [0.25, 0.3) is 0 Å². The van der Waals surface area contributed by atoms with Crippen LogP contribution >= 0.6 is 12.4 Å². The Morgan fingerprint density at radius 3 is 1.36 bits per heavy atom. The molecular weight excluding hydrogens is 164 g/mol. The predicted molar refractivity (Wildman–Crippen MR) is 44.4 cm³/mol. The minimum atomic E-state index is 0. The number of aromatic amines is 2. The van der Waals surface area contributed by atoms with Crippen molar-refractivity contribution in [2.45, 2.75) is 0 Å². The van der Waals surface area contributed by atoms with Gasteiger partial charge in [-0.3, -0.25) is 0 Å². The van der Waals surface area contributed by atoms with E-state index >= 15 is 0 Å². The zero-order valence-electron chi connectivity index (χ0n) is 5.77. The van der Waals surface area contributed by atoms with Crippen molar-refractivity contribution in [3.63, 3.8) is 0 Å². The monoisotopic (exact) mass is 172 g/mol. The van der Waals surface area contributed by atoms with E-state index in [2.05, 4.69) is 19.9 Å². The van der Waals surface area contributed by atoms with Gasteiger partial charge in [0.05, 0.1) is 12.7 Å². The molecule has 0 aromatic carbocycles. The van der Waals surface area contributed by atoms with Gasteiger partial charge in [0, 0.05) is 24.8 Å². The van der Waals surface area contributed by atoms with E-state index in [1.165, 1.54) is 0 Å². The Labute approximate surface area is 70.5 Å². The fourth-order valence-corrected chi connectivity index (χ4v) is 0.430. The first-order chi connectivity index (χ1) is 5.00. The lowest BCUT2D eigenvalue weighted by Gasteiger charge is -1.46. The van der Waals surface area contributed by atoms with E-state index in [-0.39, 0.29) is 12.4 Å². The number of imidazole rings is 2. The van der Waals surface area contributed by atoms with Gasteiger partial charge in [-0.15, -0.1) is 12.4 Å². The smallest absolute Gasteiger partial charge is 0.0919 e. The molecule has 0 unspecified atom stereocenters. The fraction of sp³-hybridized carbons (Fsp3) is 0. The molecule has 5 heteroatoms. The first-order valence-electron chi connectivity index (χ1n) is 2.85. The highest BCUT2D eigenvalue weighted by atomic mass is 35.5. The summed E-state index contributed by atoms with van der Waals surface area (Å²) < 4.78 is 0. The van der Waals surface area contributed by atoms with Crippen LogP contribution in [0.25, 0.3) is 0 Å². The second-order valence-corrected chi connectivity index (χ2v) is 1.52. The van der Waals surface area contributed by atoms with E-state index in [4.69, 9.17) is 0 Å². The molecule has 11 heavy (non-hydrogen) atoms. The van der Waals surface area contributed by atoms with E-state index in [0.717, 1.165) is 0 Å². The Morgan fingerprint density at radius 2 is 1.27 bits per heavy atom. The summed E-state index contributed by atoms with van der Waals surface area (Å²) in [6.45, 7) is 0. The van der Waals surface area contributed by atoms with Crippen LogP contribution in [0.4, 0.5) is 0 Å². The second-order valence-electron chi connectivity index (χ2n) is 1.52. The molecule has 2 aromatic heterocycles. The molecule has 60 valence electrons. The van der Waals surface area contributed by atoms with Gasteiger partial charge >= 0.3 is 0 Å². The summed E-state index contributed by atoms with van der Waals surface area (Å²) in [5, 5.41) is 0. The third-order valence-corrected chi connectivity index (χ3v) is 0.812. The molecule has 0 amide bonds. The Hall–Kier alpha value is -1.29. The van der Waals surface area contributed by atoms with Crippen LogP contribution in [0.5, 0.6) is 0 Å². The standard InChI is InChI=1S/2C3H4N2.ClH/c2*1-2-5-3-4-1;/h2*1-3H,(H,4,5);1H. The maximum absolute atomic E-state index is 3.67. The van der Waals surface area contributed by atoms with E-state index in [1.807, 2.05) is 0 Å². The molecule has 0 atom stereocenters. The number of hydrogen-bond donors (Lipinski definition) is 2. The molecule has 0 aliphatic carbocycles. The molecule has 2 heterocycles. The topological polar surface area (TPSA) is 57.4 Å². The summed E-state index contributed by atoms with van der Waals surface area (Å²) in [7, 11) is 0. The fourth-order valence-electron chi connectivity index (χ4n) is 0.430. The van der Waals surface area contributed by atoms with E-state index in [0.29, 0.717) is 0 Å². The summed E-state index contributed by atoms with van der Waals surface area (Å²) in [5.41, 5.74) is 0. The molecule has 0 radical (unpaired) electrons. The zero-order chi connectivity index (χ0) is 7.07. The highest BCUT2D eigenvalue weighted by Gasteiger charge is 1.56. The van der Waals surface area contributed by atoms with Crippen LogP contribution in [-0.4, -0.2) is 19.9 Å². The molecular formula is C6H9ClN4. The van der Waals surface area contributed by atoms with Crippen molar-refractivity contribution in [1.82, 2.24) is 19.9 Å². The Bertz CT molecular complexity index is 154. The van der Waals surface area contributed by atoms with Gasteiger partial charge < -0.3 is 9.97 Å². The number of aromatic nitrogens is 4.